The molecule has 4 rings (SSSR count). The number of hydrogen-bond acceptors (Lipinski definition) is 4. The molecule has 0 saturated carbocycles. The van der Waals surface area contributed by atoms with E-state index in [0.717, 1.165) is 13.1 Å². The number of carboxylic acids is 1. The van der Waals surface area contributed by atoms with E-state index in [4.69, 9.17) is 0 Å². The van der Waals surface area contributed by atoms with Crippen LogP contribution < -0.4 is 5.32 Å². The summed E-state index contributed by atoms with van der Waals surface area (Å²) >= 11 is 0. The lowest BCUT2D eigenvalue weighted by Crippen LogP contribution is -2.48. The molecular weight excluding hydrogens is 382 g/mol. The molecule has 8 heteroatoms. The Morgan fingerprint density at radius 2 is 1.87 bits per heavy atom. The Morgan fingerprint density at radius 3 is 2.57 bits per heavy atom. The van der Waals surface area contributed by atoms with Crippen molar-refractivity contribution in [3.63, 3.8) is 0 Å². The number of hydrogen-bond donors (Lipinski definition) is 3. The molecule has 0 radical (unpaired) electrons. The first-order chi connectivity index (χ1) is 14.5. The van der Waals surface area contributed by atoms with Gasteiger partial charge in [0.05, 0.1) is 11.3 Å². The van der Waals surface area contributed by atoms with Crippen molar-refractivity contribution in [3.05, 3.63) is 59.9 Å². The van der Waals surface area contributed by atoms with E-state index in [0.29, 0.717) is 40.9 Å². The summed E-state index contributed by atoms with van der Waals surface area (Å²) in [5, 5.41) is 13.4. The number of carboxylic acid groups (broad SMARTS) is 1. The zero-order valence-corrected chi connectivity index (χ0v) is 16.6. The summed E-state index contributed by atoms with van der Waals surface area (Å²) in [6.07, 6.45) is 4.92. The number of amides is 2. The molecule has 0 spiro atoms. The Bertz CT molecular complexity index is 1100. The lowest BCUT2D eigenvalue weighted by atomic mass is 10.0. The fourth-order valence-corrected chi connectivity index (χ4v) is 3.55. The number of likely N-dealkylation sites (N-methyl/N-ethyl adjacent to an activating group) is 1. The van der Waals surface area contributed by atoms with Gasteiger partial charge < -0.3 is 25.2 Å². The number of carbonyl (C=O) groups excluding carboxylic acids is 1. The number of rotatable bonds is 4. The normalized spacial score (nSPS) is 15.4. The van der Waals surface area contributed by atoms with Crippen molar-refractivity contribution in [3.8, 4) is 0 Å². The molecule has 3 aromatic rings. The third-order valence-electron chi connectivity index (χ3n) is 5.25. The van der Waals surface area contributed by atoms with Gasteiger partial charge in [-0.15, -0.1) is 0 Å². The molecule has 1 aromatic carbocycles. The van der Waals surface area contributed by atoms with Crippen molar-refractivity contribution in [1.82, 2.24) is 19.8 Å². The van der Waals surface area contributed by atoms with Crippen LogP contribution in [-0.2, 0) is 4.79 Å². The lowest BCUT2D eigenvalue weighted by molar-refractivity contribution is -0.130. The van der Waals surface area contributed by atoms with Crippen LogP contribution in [0.25, 0.3) is 22.7 Å². The van der Waals surface area contributed by atoms with Gasteiger partial charge in [-0.25, -0.2) is 14.6 Å². The Morgan fingerprint density at radius 1 is 1.13 bits per heavy atom. The third-order valence-corrected chi connectivity index (χ3v) is 5.25. The zero-order valence-electron chi connectivity index (χ0n) is 16.6. The molecule has 0 atom stereocenters. The number of anilines is 1. The highest BCUT2D eigenvalue weighted by molar-refractivity contribution is 6.22. The maximum Gasteiger partial charge on any atom is 0.336 e. The number of nitrogens with one attached hydrogen (secondary N) is 2. The fourth-order valence-electron chi connectivity index (χ4n) is 3.55. The van der Waals surface area contributed by atoms with E-state index in [1.165, 1.54) is 0 Å². The zero-order chi connectivity index (χ0) is 21.1. The predicted octanol–water partition coefficient (Wildman–Crippen LogP) is 2.97. The first-order valence-electron chi connectivity index (χ1n) is 9.74. The van der Waals surface area contributed by atoms with Gasteiger partial charge in [0.2, 0.25) is 0 Å². The molecule has 8 nitrogen and oxygen atoms in total. The molecule has 0 aliphatic carbocycles. The average Bonchev–Trinajstić information content (AvgIpc) is 3.17. The number of H-pyrrole nitrogens is 1. The lowest BCUT2D eigenvalue weighted by Gasteiger charge is -2.32. The van der Waals surface area contributed by atoms with Crippen molar-refractivity contribution < 1.29 is 14.7 Å². The number of aromatic nitrogens is 2. The first kappa shape index (κ1) is 19.7. The van der Waals surface area contributed by atoms with Gasteiger partial charge in [0.1, 0.15) is 5.65 Å². The number of benzene rings is 1. The standard InChI is InChI=1S/C22H23N5O3/c1-26-9-11-27(12-10-26)22(30)25-18-7-8-23-20-19(18)16(14-24-20)13-17(21(28)29)15-5-3-2-4-6-15/h2-8,13-14H,9-12H2,1H3,(H,28,29)(H2,23,24,25,30)/b17-13+. The van der Waals surface area contributed by atoms with E-state index in [-0.39, 0.29) is 11.6 Å². The number of aliphatic carboxylic acids is 1. The van der Waals surface area contributed by atoms with Crippen LogP contribution >= 0.6 is 0 Å². The Kier molecular flexibility index (Phi) is 5.49. The minimum atomic E-state index is -1.03. The summed E-state index contributed by atoms with van der Waals surface area (Å²) in [6.45, 7) is 2.98. The minimum Gasteiger partial charge on any atom is -0.478 e. The molecule has 3 N–H and O–H groups in total. The summed E-state index contributed by atoms with van der Waals surface area (Å²) < 4.78 is 0. The van der Waals surface area contributed by atoms with Crippen molar-refractivity contribution in [2.45, 2.75) is 0 Å². The number of nitrogens with zero attached hydrogens (tertiary/aromatic N) is 3. The number of piperazine rings is 1. The van der Waals surface area contributed by atoms with E-state index < -0.39 is 5.97 Å². The summed E-state index contributed by atoms with van der Waals surface area (Å²) in [7, 11) is 2.03. The highest BCUT2D eigenvalue weighted by atomic mass is 16.4. The minimum absolute atomic E-state index is 0.164. The second kappa shape index (κ2) is 8.38. The van der Waals surface area contributed by atoms with Gasteiger partial charge >= 0.3 is 12.0 Å². The highest BCUT2D eigenvalue weighted by Crippen LogP contribution is 2.29. The van der Waals surface area contributed by atoms with Crippen LogP contribution in [0.1, 0.15) is 11.1 Å². The Labute approximate surface area is 173 Å². The summed E-state index contributed by atoms with van der Waals surface area (Å²) in [4.78, 5) is 36.0. The van der Waals surface area contributed by atoms with E-state index in [1.54, 1.807) is 53.7 Å². The number of fused-ring (bicyclic) bond motifs is 1. The van der Waals surface area contributed by atoms with E-state index in [1.807, 2.05) is 13.1 Å². The maximum absolute atomic E-state index is 12.8. The van der Waals surface area contributed by atoms with Crippen LogP contribution in [-0.4, -0.2) is 70.1 Å². The van der Waals surface area contributed by atoms with Gasteiger partial charge in [-0.3, -0.25) is 0 Å². The highest BCUT2D eigenvalue weighted by Gasteiger charge is 2.21. The fraction of sp³-hybridized carbons (Fsp3) is 0.227. The van der Waals surface area contributed by atoms with E-state index >= 15 is 0 Å². The quantitative estimate of drug-likeness (QED) is 0.579. The van der Waals surface area contributed by atoms with Crippen LogP contribution in [0, 0.1) is 0 Å². The number of pyridine rings is 1. The maximum atomic E-state index is 12.8. The van der Waals surface area contributed by atoms with E-state index in [9.17, 15) is 14.7 Å². The van der Waals surface area contributed by atoms with Crippen LogP contribution in [0.5, 0.6) is 0 Å². The van der Waals surface area contributed by atoms with Gasteiger partial charge in [0.25, 0.3) is 0 Å². The molecule has 2 aromatic heterocycles. The molecule has 1 aliphatic heterocycles. The molecule has 2 amide bonds. The first-order valence-corrected chi connectivity index (χ1v) is 9.74. The second-order valence-electron chi connectivity index (χ2n) is 7.28. The van der Waals surface area contributed by atoms with Gasteiger partial charge in [-0.1, -0.05) is 30.3 Å². The largest absolute Gasteiger partial charge is 0.478 e. The van der Waals surface area contributed by atoms with Gasteiger partial charge in [0, 0.05) is 49.5 Å². The van der Waals surface area contributed by atoms with Crippen molar-refractivity contribution >= 4 is 40.4 Å². The van der Waals surface area contributed by atoms with Gasteiger partial charge in [-0.05, 0) is 24.8 Å². The van der Waals surface area contributed by atoms with Crippen LogP contribution in [0.15, 0.2) is 48.8 Å². The number of aromatic amines is 1. The van der Waals surface area contributed by atoms with Crippen molar-refractivity contribution in [2.24, 2.45) is 0 Å². The van der Waals surface area contributed by atoms with Gasteiger partial charge in [-0.2, -0.15) is 0 Å². The van der Waals surface area contributed by atoms with Gasteiger partial charge in [0.15, 0.2) is 0 Å². The number of urea groups is 1. The molecule has 1 saturated heterocycles. The average molecular weight is 405 g/mol. The van der Waals surface area contributed by atoms with Crippen molar-refractivity contribution in [1.29, 1.82) is 0 Å². The summed E-state index contributed by atoms with van der Waals surface area (Å²) in [5.74, 6) is -1.03. The van der Waals surface area contributed by atoms with Crippen LogP contribution in [0.3, 0.4) is 0 Å². The summed E-state index contributed by atoms with van der Waals surface area (Å²) in [5.41, 5.74) is 2.58. The molecule has 0 unspecified atom stereocenters. The Balaban J connectivity index is 1.69. The van der Waals surface area contributed by atoms with Crippen LogP contribution in [0.2, 0.25) is 0 Å². The molecule has 1 fully saturated rings. The Hall–Kier alpha value is -3.65. The van der Waals surface area contributed by atoms with Crippen LogP contribution in [0.4, 0.5) is 10.5 Å². The van der Waals surface area contributed by atoms with Crippen molar-refractivity contribution in [2.75, 3.05) is 38.5 Å². The molecule has 30 heavy (non-hydrogen) atoms. The molecule has 1 aliphatic rings. The molecule has 3 heterocycles. The van der Waals surface area contributed by atoms with E-state index in [2.05, 4.69) is 20.2 Å². The SMILES string of the molecule is CN1CCN(C(=O)Nc2ccnc3[nH]cc(/C=C(/C(=O)O)c4ccccc4)c23)CC1. The predicted molar refractivity (Wildman–Crippen MR) is 116 cm³/mol. The third kappa shape index (κ3) is 4.04. The topological polar surface area (TPSA) is 102 Å². The number of carbonyl (C=O) groups is 2. The smallest absolute Gasteiger partial charge is 0.336 e. The monoisotopic (exact) mass is 405 g/mol. The summed E-state index contributed by atoms with van der Waals surface area (Å²) in [6, 6.07) is 10.5. The molecule has 0 bridgehead atoms. The molecule has 154 valence electrons. The molecular formula is C22H23N5O3. The second-order valence-corrected chi connectivity index (χ2v) is 7.28.